The maximum absolute atomic E-state index is 12.0. The van der Waals surface area contributed by atoms with Crippen LogP contribution in [-0.4, -0.2) is 18.3 Å². The summed E-state index contributed by atoms with van der Waals surface area (Å²) in [6, 6.07) is 7.67. The highest BCUT2D eigenvalue weighted by atomic mass is 79.9. The fourth-order valence-electron chi connectivity index (χ4n) is 2.01. The standard InChI is InChI=1S/C17H20Br2N2O2S/c1-11(2)12-8-14(18)16(15(19)9-12)21-17(22)20-5-7-24-10-13-4-3-6-23-13/h3-4,6,8-9,11H,5,7,10H2,1-2H3,(H2,20,21,22). The molecule has 4 nitrogen and oxygen atoms in total. The first-order valence-electron chi connectivity index (χ1n) is 7.61. The van der Waals surface area contributed by atoms with E-state index in [0.29, 0.717) is 12.5 Å². The first-order valence-corrected chi connectivity index (χ1v) is 10.4. The molecule has 130 valence electrons. The maximum Gasteiger partial charge on any atom is 0.319 e. The molecule has 0 aliphatic carbocycles. The Labute approximate surface area is 163 Å². The van der Waals surface area contributed by atoms with Gasteiger partial charge in [0.25, 0.3) is 0 Å². The number of rotatable bonds is 7. The Kier molecular flexibility index (Phi) is 7.71. The van der Waals surface area contributed by atoms with E-state index in [1.165, 1.54) is 5.56 Å². The first-order chi connectivity index (χ1) is 11.5. The third-order valence-electron chi connectivity index (χ3n) is 3.33. The van der Waals surface area contributed by atoms with Crippen LogP contribution in [0.4, 0.5) is 10.5 Å². The number of nitrogens with one attached hydrogen (secondary N) is 2. The van der Waals surface area contributed by atoms with Crippen molar-refractivity contribution in [1.82, 2.24) is 5.32 Å². The van der Waals surface area contributed by atoms with Gasteiger partial charge in [0, 0.05) is 21.2 Å². The van der Waals surface area contributed by atoms with Gasteiger partial charge in [0.1, 0.15) is 5.76 Å². The SMILES string of the molecule is CC(C)c1cc(Br)c(NC(=O)NCCSCc2ccco2)c(Br)c1. The van der Waals surface area contributed by atoms with Crippen molar-refractivity contribution in [3.63, 3.8) is 0 Å². The summed E-state index contributed by atoms with van der Waals surface area (Å²) in [5.41, 5.74) is 1.94. The predicted molar refractivity (Wildman–Crippen MR) is 108 cm³/mol. The van der Waals surface area contributed by atoms with E-state index in [0.717, 1.165) is 31.9 Å². The lowest BCUT2D eigenvalue weighted by Gasteiger charge is -2.14. The second-order valence-electron chi connectivity index (χ2n) is 5.53. The highest BCUT2D eigenvalue weighted by molar-refractivity contribution is 9.11. The third-order valence-corrected chi connectivity index (χ3v) is 5.56. The molecule has 0 fully saturated rings. The molecule has 24 heavy (non-hydrogen) atoms. The van der Waals surface area contributed by atoms with Gasteiger partial charge in [0.05, 0.1) is 17.7 Å². The second kappa shape index (κ2) is 9.53. The van der Waals surface area contributed by atoms with Crippen LogP contribution in [0.1, 0.15) is 31.1 Å². The topological polar surface area (TPSA) is 54.3 Å². The number of urea groups is 1. The molecule has 0 saturated heterocycles. The van der Waals surface area contributed by atoms with Crippen LogP contribution in [0.2, 0.25) is 0 Å². The molecular formula is C17H20Br2N2O2S. The van der Waals surface area contributed by atoms with Crippen LogP contribution in [0.25, 0.3) is 0 Å². The van der Waals surface area contributed by atoms with Gasteiger partial charge in [-0.25, -0.2) is 4.79 Å². The monoisotopic (exact) mass is 474 g/mol. The van der Waals surface area contributed by atoms with E-state index in [1.807, 2.05) is 24.3 Å². The fraction of sp³-hybridized carbons (Fsp3) is 0.353. The number of anilines is 1. The number of hydrogen-bond donors (Lipinski definition) is 2. The van der Waals surface area contributed by atoms with Crippen molar-refractivity contribution in [2.24, 2.45) is 0 Å². The van der Waals surface area contributed by atoms with Gasteiger partial charge in [-0.1, -0.05) is 13.8 Å². The summed E-state index contributed by atoms with van der Waals surface area (Å²) < 4.78 is 6.99. The van der Waals surface area contributed by atoms with Crippen LogP contribution in [0.3, 0.4) is 0 Å². The highest BCUT2D eigenvalue weighted by Gasteiger charge is 2.12. The Balaban J connectivity index is 1.77. The molecule has 1 heterocycles. The average molecular weight is 476 g/mol. The Bertz CT molecular complexity index is 652. The van der Waals surface area contributed by atoms with Crippen molar-refractivity contribution < 1.29 is 9.21 Å². The van der Waals surface area contributed by atoms with Gasteiger partial charge in [-0.2, -0.15) is 11.8 Å². The maximum atomic E-state index is 12.0. The fourth-order valence-corrected chi connectivity index (χ4v) is 4.18. The zero-order chi connectivity index (χ0) is 17.5. The van der Waals surface area contributed by atoms with Crippen LogP contribution >= 0.6 is 43.6 Å². The van der Waals surface area contributed by atoms with E-state index in [-0.39, 0.29) is 6.03 Å². The minimum absolute atomic E-state index is 0.215. The molecular weight excluding hydrogens is 456 g/mol. The molecule has 7 heteroatoms. The summed E-state index contributed by atoms with van der Waals surface area (Å²) in [5, 5.41) is 5.74. The van der Waals surface area contributed by atoms with Gasteiger partial charge in [-0.3, -0.25) is 0 Å². The number of furan rings is 1. The molecule has 0 atom stereocenters. The minimum Gasteiger partial charge on any atom is -0.468 e. The van der Waals surface area contributed by atoms with Crippen LogP contribution in [0, 0.1) is 0 Å². The predicted octanol–water partition coefficient (Wildman–Crippen LogP) is 5.98. The molecule has 1 aromatic heterocycles. The normalized spacial score (nSPS) is 10.9. The van der Waals surface area contributed by atoms with E-state index in [4.69, 9.17) is 4.42 Å². The smallest absolute Gasteiger partial charge is 0.319 e. The number of hydrogen-bond acceptors (Lipinski definition) is 3. The zero-order valence-electron chi connectivity index (χ0n) is 13.6. The summed E-state index contributed by atoms with van der Waals surface area (Å²) in [6.07, 6.45) is 1.67. The largest absolute Gasteiger partial charge is 0.468 e. The van der Waals surface area contributed by atoms with E-state index >= 15 is 0 Å². The van der Waals surface area contributed by atoms with Crippen molar-refractivity contribution in [3.05, 3.63) is 50.8 Å². The van der Waals surface area contributed by atoms with E-state index in [2.05, 4.69) is 56.3 Å². The Morgan fingerprint density at radius 1 is 1.29 bits per heavy atom. The van der Waals surface area contributed by atoms with Crippen molar-refractivity contribution in [2.45, 2.75) is 25.5 Å². The molecule has 2 N–H and O–H groups in total. The van der Waals surface area contributed by atoms with Crippen LogP contribution in [-0.2, 0) is 5.75 Å². The van der Waals surface area contributed by atoms with Crippen LogP contribution in [0.15, 0.2) is 43.9 Å². The lowest BCUT2D eigenvalue weighted by molar-refractivity contribution is 0.252. The zero-order valence-corrected chi connectivity index (χ0v) is 17.6. The van der Waals surface area contributed by atoms with Gasteiger partial charge >= 0.3 is 6.03 Å². The van der Waals surface area contributed by atoms with Gasteiger partial charge in [-0.05, 0) is 67.6 Å². The summed E-state index contributed by atoms with van der Waals surface area (Å²) in [6.45, 7) is 4.86. The van der Waals surface area contributed by atoms with E-state index < -0.39 is 0 Å². The van der Waals surface area contributed by atoms with Gasteiger partial charge in [0.15, 0.2) is 0 Å². The quantitative estimate of drug-likeness (QED) is 0.484. The summed E-state index contributed by atoms with van der Waals surface area (Å²) in [4.78, 5) is 12.0. The van der Waals surface area contributed by atoms with Crippen LogP contribution < -0.4 is 10.6 Å². The number of benzene rings is 1. The number of thioether (sulfide) groups is 1. The molecule has 0 radical (unpaired) electrons. The third kappa shape index (κ3) is 5.86. The van der Waals surface area contributed by atoms with Crippen molar-refractivity contribution in [2.75, 3.05) is 17.6 Å². The van der Waals surface area contributed by atoms with E-state index in [1.54, 1.807) is 18.0 Å². The molecule has 0 unspecified atom stereocenters. The lowest BCUT2D eigenvalue weighted by Crippen LogP contribution is -2.30. The Hall–Kier alpha value is -0.920. The van der Waals surface area contributed by atoms with Crippen molar-refractivity contribution in [3.8, 4) is 0 Å². The molecule has 0 spiro atoms. The molecule has 2 aromatic rings. The van der Waals surface area contributed by atoms with Gasteiger partial charge < -0.3 is 15.1 Å². The molecule has 2 rings (SSSR count). The number of carbonyl (C=O) groups is 1. The number of amides is 2. The number of carbonyl (C=O) groups excluding carboxylic acids is 1. The summed E-state index contributed by atoms with van der Waals surface area (Å²) in [7, 11) is 0. The highest BCUT2D eigenvalue weighted by Crippen LogP contribution is 2.34. The summed E-state index contributed by atoms with van der Waals surface area (Å²) >= 11 is 8.76. The molecule has 0 aliphatic rings. The first kappa shape index (κ1) is 19.4. The van der Waals surface area contributed by atoms with Crippen LogP contribution in [0.5, 0.6) is 0 Å². The van der Waals surface area contributed by atoms with Crippen molar-refractivity contribution >= 4 is 55.3 Å². The van der Waals surface area contributed by atoms with Gasteiger partial charge in [0.2, 0.25) is 0 Å². The van der Waals surface area contributed by atoms with Gasteiger partial charge in [-0.15, -0.1) is 0 Å². The lowest BCUT2D eigenvalue weighted by atomic mass is 10.0. The van der Waals surface area contributed by atoms with E-state index in [9.17, 15) is 4.79 Å². The minimum atomic E-state index is -0.215. The average Bonchev–Trinajstić information content (AvgIpc) is 3.03. The Morgan fingerprint density at radius 3 is 2.58 bits per heavy atom. The Morgan fingerprint density at radius 2 is 2.00 bits per heavy atom. The molecule has 0 saturated carbocycles. The summed E-state index contributed by atoms with van der Waals surface area (Å²) in [5.74, 6) is 3.00. The number of halogens is 2. The molecule has 0 aliphatic heterocycles. The molecule has 0 bridgehead atoms. The second-order valence-corrected chi connectivity index (χ2v) is 8.34. The molecule has 1 aromatic carbocycles. The van der Waals surface area contributed by atoms with Crippen molar-refractivity contribution in [1.29, 1.82) is 0 Å². The molecule has 2 amide bonds.